The molecule has 4 nitrogen and oxygen atoms in total. The van der Waals surface area contributed by atoms with E-state index in [2.05, 4.69) is 10.6 Å². The van der Waals surface area contributed by atoms with Crippen LogP contribution in [0.2, 0.25) is 0 Å². The van der Waals surface area contributed by atoms with Crippen molar-refractivity contribution in [1.29, 1.82) is 0 Å². The van der Waals surface area contributed by atoms with Gasteiger partial charge >= 0.3 is 0 Å². The molecule has 0 aliphatic carbocycles. The quantitative estimate of drug-likeness (QED) is 0.888. The number of halogens is 1. The van der Waals surface area contributed by atoms with Crippen molar-refractivity contribution in [2.24, 2.45) is 0 Å². The summed E-state index contributed by atoms with van der Waals surface area (Å²) in [7, 11) is 1.50. The molecule has 110 valence electrons. The molecular formula is C16H17FN2O2. The molecule has 0 unspecified atom stereocenters. The van der Waals surface area contributed by atoms with E-state index >= 15 is 0 Å². The van der Waals surface area contributed by atoms with Gasteiger partial charge in [-0.3, -0.25) is 4.79 Å². The highest BCUT2D eigenvalue weighted by molar-refractivity contribution is 5.94. The van der Waals surface area contributed by atoms with Gasteiger partial charge in [-0.05, 0) is 30.7 Å². The summed E-state index contributed by atoms with van der Waals surface area (Å²) < 4.78 is 18.6. The van der Waals surface area contributed by atoms with Crippen LogP contribution in [0, 0.1) is 12.7 Å². The topological polar surface area (TPSA) is 50.4 Å². The molecule has 2 N–H and O–H groups in total. The third-order valence-electron chi connectivity index (χ3n) is 3.03. The number of carbonyl (C=O) groups is 1. The lowest BCUT2D eigenvalue weighted by Crippen LogP contribution is -2.22. The number of hydrogen-bond donors (Lipinski definition) is 2. The van der Waals surface area contributed by atoms with E-state index in [1.165, 1.54) is 25.3 Å². The Morgan fingerprint density at radius 3 is 2.67 bits per heavy atom. The zero-order valence-corrected chi connectivity index (χ0v) is 11.9. The fraction of sp³-hybridized carbons (Fsp3) is 0.188. The van der Waals surface area contributed by atoms with Gasteiger partial charge in [-0.1, -0.05) is 18.2 Å². The molecular weight excluding hydrogens is 271 g/mol. The van der Waals surface area contributed by atoms with Crippen LogP contribution in [-0.4, -0.2) is 19.6 Å². The van der Waals surface area contributed by atoms with Crippen molar-refractivity contribution in [3.63, 3.8) is 0 Å². The van der Waals surface area contributed by atoms with E-state index in [9.17, 15) is 9.18 Å². The van der Waals surface area contributed by atoms with Crippen molar-refractivity contribution in [1.82, 2.24) is 0 Å². The number of rotatable bonds is 5. The third-order valence-corrected chi connectivity index (χ3v) is 3.03. The van der Waals surface area contributed by atoms with E-state index < -0.39 is 5.82 Å². The fourth-order valence-corrected chi connectivity index (χ4v) is 1.85. The molecule has 2 rings (SSSR count). The summed E-state index contributed by atoms with van der Waals surface area (Å²) in [6.07, 6.45) is 0. The Labute approximate surface area is 122 Å². The van der Waals surface area contributed by atoms with Crippen molar-refractivity contribution >= 4 is 17.3 Å². The lowest BCUT2D eigenvalue weighted by atomic mass is 10.2. The summed E-state index contributed by atoms with van der Waals surface area (Å²) in [5.74, 6) is -0.149. The average Bonchev–Trinajstić information content (AvgIpc) is 2.49. The van der Waals surface area contributed by atoms with Crippen LogP contribution in [-0.2, 0) is 4.79 Å². The van der Waals surface area contributed by atoms with E-state index in [1.54, 1.807) is 0 Å². The molecule has 0 aliphatic heterocycles. The van der Waals surface area contributed by atoms with E-state index in [0.717, 1.165) is 11.3 Å². The molecule has 0 saturated heterocycles. The fourth-order valence-electron chi connectivity index (χ4n) is 1.85. The minimum Gasteiger partial charge on any atom is -0.497 e. The lowest BCUT2D eigenvalue weighted by Gasteiger charge is -2.11. The second-order valence-electron chi connectivity index (χ2n) is 4.56. The van der Waals surface area contributed by atoms with E-state index in [-0.39, 0.29) is 18.1 Å². The Balaban J connectivity index is 1.97. The predicted molar refractivity (Wildman–Crippen MR) is 81.3 cm³/mol. The number of benzene rings is 2. The Morgan fingerprint density at radius 2 is 1.95 bits per heavy atom. The van der Waals surface area contributed by atoms with Gasteiger partial charge in [0.25, 0.3) is 0 Å². The number of ether oxygens (including phenoxy) is 1. The van der Waals surface area contributed by atoms with Gasteiger partial charge in [0.05, 0.1) is 19.3 Å². The second-order valence-corrected chi connectivity index (χ2v) is 4.56. The molecule has 0 heterocycles. The molecule has 0 fully saturated rings. The number of carbonyl (C=O) groups excluding carboxylic acids is 1. The van der Waals surface area contributed by atoms with E-state index in [4.69, 9.17) is 4.74 Å². The maximum atomic E-state index is 13.6. The Kier molecular flexibility index (Phi) is 4.77. The summed E-state index contributed by atoms with van der Waals surface area (Å²) in [5, 5.41) is 5.53. The molecule has 5 heteroatoms. The number of hydrogen-bond acceptors (Lipinski definition) is 3. The van der Waals surface area contributed by atoms with Crippen LogP contribution < -0.4 is 15.4 Å². The molecule has 21 heavy (non-hydrogen) atoms. The number of anilines is 2. The molecule has 0 bridgehead atoms. The molecule has 0 spiro atoms. The van der Waals surface area contributed by atoms with Crippen molar-refractivity contribution in [2.45, 2.75) is 6.92 Å². The van der Waals surface area contributed by atoms with Gasteiger partial charge in [0.2, 0.25) is 5.91 Å². The van der Waals surface area contributed by atoms with Gasteiger partial charge in [-0.15, -0.1) is 0 Å². The highest BCUT2D eigenvalue weighted by atomic mass is 19.1. The molecule has 2 aromatic carbocycles. The molecule has 0 radical (unpaired) electrons. The van der Waals surface area contributed by atoms with Gasteiger partial charge in [-0.2, -0.15) is 0 Å². The first kappa shape index (κ1) is 14.8. The van der Waals surface area contributed by atoms with Crippen LogP contribution in [0.1, 0.15) is 5.56 Å². The maximum absolute atomic E-state index is 13.6. The largest absolute Gasteiger partial charge is 0.497 e. The summed E-state index contributed by atoms with van der Waals surface area (Å²) in [5.41, 5.74) is 1.95. The molecule has 0 atom stereocenters. The first-order valence-electron chi connectivity index (χ1n) is 6.53. The summed E-state index contributed by atoms with van der Waals surface area (Å²) in [4.78, 5) is 11.9. The number of para-hydroxylation sites is 1. The molecule has 0 aliphatic rings. The number of amides is 1. The minimum atomic E-state index is -0.431. The Hall–Kier alpha value is -2.56. The van der Waals surface area contributed by atoms with Crippen LogP contribution in [0.25, 0.3) is 0 Å². The molecule has 0 saturated carbocycles. The van der Waals surface area contributed by atoms with E-state index in [1.807, 2.05) is 31.2 Å². The van der Waals surface area contributed by atoms with Crippen molar-refractivity contribution in [2.75, 3.05) is 24.3 Å². The van der Waals surface area contributed by atoms with Crippen LogP contribution >= 0.6 is 0 Å². The molecule has 2 aromatic rings. The number of nitrogens with one attached hydrogen (secondary N) is 2. The summed E-state index contributed by atoms with van der Waals surface area (Å²) in [6.45, 7) is 1.88. The van der Waals surface area contributed by atoms with Gasteiger partial charge in [-0.25, -0.2) is 4.39 Å². The Morgan fingerprint density at radius 1 is 1.19 bits per heavy atom. The van der Waals surface area contributed by atoms with Gasteiger partial charge in [0.1, 0.15) is 11.6 Å². The first-order chi connectivity index (χ1) is 10.1. The minimum absolute atomic E-state index is 0.0293. The van der Waals surface area contributed by atoms with E-state index in [0.29, 0.717) is 5.75 Å². The van der Waals surface area contributed by atoms with Crippen LogP contribution in [0.3, 0.4) is 0 Å². The summed E-state index contributed by atoms with van der Waals surface area (Å²) in [6, 6.07) is 11.8. The number of methoxy groups -OCH3 is 1. The van der Waals surface area contributed by atoms with Crippen molar-refractivity contribution < 1.29 is 13.9 Å². The average molecular weight is 288 g/mol. The second kappa shape index (κ2) is 6.74. The monoisotopic (exact) mass is 288 g/mol. The highest BCUT2D eigenvalue weighted by Gasteiger charge is 2.07. The molecule has 1 amide bonds. The smallest absolute Gasteiger partial charge is 0.243 e. The van der Waals surface area contributed by atoms with Crippen LogP contribution in [0.5, 0.6) is 5.75 Å². The molecule has 0 aromatic heterocycles. The van der Waals surface area contributed by atoms with Crippen molar-refractivity contribution in [3.8, 4) is 5.75 Å². The lowest BCUT2D eigenvalue weighted by molar-refractivity contribution is -0.114. The first-order valence-corrected chi connectivity index (χ1v) is 6.53. The summed E-state index contributed by atoms with van der Waals surface area (Å²) >= 11 is 0. The van der Waals surface area contributed by atoms with Gasteiger partial charge in [0.15, 0.2) is 0 Å². The zero-order chi connectivity index (χ0) is 15.2. The predicted octanol–water partition coefficient (Wildman–Crippen LogP) is 3.19. The third kappa shape index (κ3) is 3.95. The van der Waals surface area contributed by atoms with Gasteiger partial charge in [0, 0.05) is 11.8 Å². The van der Waals surface area contributed by atoms with Crippen LogP contribution in [0.15, 0.2) is 42.5 Å². The van der Waals surface area contributed by atoms with Gasteiger partial charge < -0.3 is 15.4 Å². The standard InChI is InChI=1S/C16H17FN2O2/c1-11-5-3-4-6-14(11)19-16(20)10-18-15-9-12(21-2)7-8-13(15)17/h3-9,18H,10H2,1-2H3,(H,19,20). The Bertz CT molecular complexity index is 644. The van der Waals surface area contributed by atoms with Crippen molar-refractivity contribution in [3.05, 3.63) is 53.8 Å². The van der Waals surface area contributed by atoms with Crippen LogP contribution in [0.4, 0.5) is 15.8 Å². The SMILES string of the molecule is COc1ccc(F)c(NCC(=O)Nc2ccccc2C)c1. The normalized spacial score (nSPS) is 10.0. The highest BCUT2D eigenvalue weighted by Crippen LogP contribution is 2.21. The maximum Gasteiger partial charge on any atom is 0.243 e. The number of aryl methyl sites for hydroxylation is 1. The zero-order valence-electron chi connectivity index (χ0n) is 11.9.